The Labute approximate surface area is 111 Å². The summed E-state index contributed by atoms with van der Waals surface area (Å²) in [6.07, 6.45) is 0.283. The van der Waals surface area contributed by atoms with Crippen molar-refractivity contribution in [1.82, 2.24) is 19.8 Å². The van der Waals surface area contributed by atoms with E-state index in [-0.39, 0.29) is 6.42 Å². The number of benzene rings is 1. The summed E-state index contributed by atoms with van der Waals surface area (Å²) in [6, 6.07) is 6.98. The average molecular weight is 281 g/mol. The zero-order valence-corrected chi connectivity index (χ0v) is 10.3. The van der Waals surface area contributed by atoms with E-state index in [2.05, 4.69) is 15.3 Å². The van der Waals surface area contributed by atoms with Gasteiger partial charge in [0, 0.05) is 6.42 Å². The van der Waals surface area contributed by atoms with Crippen LogP contribution in [0.3, 0.4) is 0 Å². The van der Waals surface area contributed by atoms with Crippen LogP contribution in [0.15, 0.2) is 30.3 Å². The molecular weight excluding hydrogens is 274 g/mol. The van der Waals surface area contributed by atoms with Crippen molar-refractivity contribution in [3.05, 3.63) is 58.5 Å². The lowest BCUT2D eigenvalue weighted by atomic mass is 10.1. The van der Waals surface area contributed by atoms with Gasteiger partial charge in [0.1, 0.15) is 5.15 Å². The second-order valence-electron chi connectivity index (χ2n) is 3.97. The van der Waals surface area contributed by atoms with E-state index in [1.807, 2.05) is 0 Å². The van der Waals surface area contributed by atoms with Gasteiger partial charge < -0.3 is 0 Å². The Hall–Kier alpha value is -2.08. The van der Waals surface area contributed by atoms with Gasteiger partial charge in [-0.1, -0.05) is 17.7 Å². The van der Waals surface area contributed by atoms with E-state index in [0.717, 1.165) is 12.1 Å². The highest BCUT2D eigenvalue weighted by atomic mass is 35.5. The second kappa shape index (κ2) is 4.55. The Bertz CT molecular complexity index is 757. The van der Waals surface area contributed by atoms with E-state index in [1.165, 1.54) is 10.6 Å². The molecule has 0 unspecified atom stereocenters. The van der Waals surface area contributed by atoms with Crippen molar-refractivity contribution < 1.29 is 8.78 Å². The Morgan fingerprint density at radius 1 is 1.05 bits per heavy atom. The summed E-state index contributed by atoms with van der Waals surface area (Å²) in [5, 5.41) is 12.2. The quantitative estimate of drug-likeness (QED) is 0.725. The van der Waals surface area contributed by atoms with Gasteiger partial charge in [0.15, 0.2) is 23.1 Å². The predicted octanol–water partition coefficient (Wildman–Crippen LogP) is 2.65. The monoisotopic (exact) mass is 280 g/mol. The third kappa shape index (κ3) is 2.26. The molecule has 0 bridgehead atoms. The first kappa shape index (κ1) is 12.0. The molecule has 0 N–H and O–H groups in total. The fourth-order valence-electron chi connectivity index (χ4n) is 1.75. The van der Waals surface area contributed by atoms with Crippen LogP contribution >= 0.6 is 11.6 Å². The number of rotatable bonds is 2. The lowest BCUT2D eigenvalue weighted by Gasteiger charge is -2.01. The summed E-state index contributed by atoms with van der Waals surface area (Å²) >= 11 is 5.80. The predicted molar refractivity (Wildman–Crippen MR) is 65.0 cm³/mol. The number of hydrogen-bond acceptors (Lipinski definition) is 3. The maximum absolute atomic E-state index is 13.1. The van der Waals surface area contributed by atoms with Crippen LogP contribution in [0, 0.1) is 11.6 Å². The molecule has 4 nitrogen and oxygen atoms in total. The fraction of sp³-hybridized carbons (Fsp3) is 0.0833. The minimum absolute atomic E-state index is 0.283. The first-order valence-corrected chi connectivity index (χ1v) is 5.82. The van der Waals surface area contributed by atoms with Gasteiger partial charge in [-0.15, -0.1) is 10.2 Å². The van der Waals surface area contributed by atoms with E-state index < -0.39 is 11.6 Å². The Kier molecular flexibility index (Phi) is 2.87. The summed E-state index contributed by atoms with van der Waals surface area (Å²) in [4.78, 5) is 0. The van der Waals surface area contributed by atoms with Crippen LogP contribution in [-0.4, -0.2) is 19.8 Å². The van der Waals surface area contributed by atoms with Gasteiger partial charge in [0.05, 0.1) is 0 Å². The molecule has 0 saturated heterocycles. The molecule has 0 aliphatic carbocycles. The summed E-state index contributed by atoms with van der Waals surface area (Å²) in [5.74, 6) is -1.27. The van der Waals surface area contributed by atoms with Gasteiger partial charge in [-0.2, -0.15) is 9.61 Å². The third-order valence-electron chi connectivity index (χ3n) is 2.64. The van der Waals surface area contributed by atoms with Gasteiger partial charge in [0.2, 0.25) is 0 Å². The van der Waals surface area contributed by atoms with E-state index in [4.69, 9.17) is 11.6 Å². The summed E-state index contributed by atoms with van der Waals surface area (Å²) in [7, 11) is 0. The van der Waals surface area contributed by atoms with Crippen molar-refractivity contribution in [3.8, 4) is 0 Å². The molecule has 0 spiro atoms. The van der Waals surface area contributed by atoms with Gasteiger partial charge >= 0.3 is 0 Å². The lowest BCUT2D eigenvalue weighted by Crippen LogP contribution is -2.00. The molecule has 19 heavy (non-hydrogen) atoms. The fourth-order valence-corrected chi connectivity index (χ4v) is 1.89. The number of aromatic nitrogens is 4. The Morgan fingerprint density at radius 2 is 1.89 bits per heavy atom. The molecule has 1 aromatic carbocycles. The van der Waals surface area contributed by atoms with Gasteiger partial charge in [-0.3, -0.25) is 0 Å². The highest BCUT2D eigenvalue weighted by Gasteiger charge is 2.10. The van der Waals surface area contributed by atoms with Crippen LogP contribution in [0.4, 0.5) is 8.78 Å². The molecule has 0 radical (unpaired) electrons. The Balaban J connectivity index is 2.00. The highest BCUT2D eigenvalue weighted by molar-refractivity contribution is 6.29. The zero-order valence-electron chi connectivity index (χ0n) is 9.52. The minimum atomic E-state index is -0.891. The van der Waals surface area contributed by atoms with Crippen LogP contribution in [0.1, 0.15) is 11.4 Å². The van der Waals surface area contributed by atoms with Crippen molar-refractivity contribution in [2.45, 2.75) is 6.42 Å². The Morgan fingerprint density at radius 3 is 2.68 bits per heavy atom. The summed E-state index contributed by atoms with van der Waals surface area (Å²) < 4.78 is 27.5. The number of fused-ring (bicyclic) bond motifs is 1. The second-order valence-corrected chi connectivity index (χ2v) is 4.35. The molecule has 0 amide bonds. The third-order valence-corrected chi connectivity index (χ3v) is 2.84. The van der Waals surface area contributed by atoms with Gasteiger partial charge in [-0.25, -0.2) is 8.78 Å². The molecule has 0 fully saturated rings. The van der Waals surface area contributed by atoms with Crippen LogP contribution < -0.4 is 0 Å². The van der Waals surface area contributed by atoms with Gasteiger partial charge in [0.25, 0.3) is 0 Å². The smallest absolute Gasteiger partial charge is 0.178 e. The largest absolute Gasteiger partial charge is 0.204 e. The molecule has 7 heteroatoms. The van der Waals surface area contributed by atoms with Crippen molar-refractivity contribution >= 4 is 17.2 Å². The van der Waals surface area contributed by atoms with Crippen molar-refractivity contribution in [2.75, 3.05) is 0 Å². The van der Waals surface area contributed by atoms with Crippen LogP contribution in [0.5, 0.6) is 0 Å². The molecular formula is C12H7ClF2N4. The van der Waals surface area contributed by atoms with Crippen molar-refractivity contribution in [2.24, 2.45) is 0 Å². The average Bonchev–Trinajstić information content (AvgIpc) is 2.77. The van der Waals surface area contributed by atoms with Crippen molar-refractivity contribution in [3.63, 3.8) is 0 Å². The molecule has 2 aromatic heterocycles. The SMILES string of the molecule is Fc1ccc(Cc2nnc3ccc(Cl)nn23)cc1F. The molecule has 2 heterocycles. The standard InChI is InChI=1S/C12H7ClF2N4/c13-10-3-4-11-16-17-12(19(11)18-10)6-7-1-2-8(14)9(15)5-7/h1-5H,6H2. The maximum Gasteiger partial charge on any atom is 0.178 e. The van der Waals surface area contributed by atoms with E-state index in [0.29, 0.717) is 22.2 Å². The normalized spacial score (nSPS) is 11.1. The van der Waals surface area contributed by atoms with Crippen LogP contribution in [0.2, 0.25) is 5.15 Å². The molecule has 3 aromatic rings. The van der Waals surface area contributed by atoms with Gasteiger partial charge in [-0.05, 0) is 29.8 Å². The minimum Gasteiger partial charge on any atom is -0.204 e. The molecule has 0 atom stereocenters. The molecule has 96 valence electrons. The van der Waals surface area contributed by atoms with Crippen LogP contribution in [0.25, 0.3) is 5.65 Å². The summed E-state index contributed by atoms with van der Waals surface area (Å²) in [6.45, 7) is 0. The van der Waals surface area contributed by atoms with E-state index >= 15 is 0 Å². The number of hydrogen-bond donors (Lipinski definition) is 0. The molecule has 0 aliphatic heterocycles. The molecule has 0 aliphatic rings. The van der Waals surface area contributed by atoms with E-state index in [9.17, 15) is 8.78 Å². The van der Waals surface area contributed by atoms with E-state index in [1.54, 1.807) is 12.1 Å². The summed E-state index contributed by atoms with van der Waals surface area (Å²) in [5.41, 5.74) is 1.12. The van der Waals surface area contributed by atoms with Crippen LogP contribution in [-0.2, 0) is 6.42 Å². The number of halogens is 3. The molecule has 3 rings (SSSR count). The molecule has 0 saturated carbocycles. The first-order chi connectivity index (χ1) is 9.13. The topological polar surface area (TPSA) is 43.1 Å². The first-order valence-electron chi connectivity index (χ1n) is 5.44. The van der Waals surface area contributed by atoms with Crippen molar-refractivity contribution in [1.29, 1.82) is 0 Å². The highest BCUT2D eigenvalue weighted by Crippen LogP contribution is 2.14. The number of nitrogens with zero attached hydrogens (tertiary/aromatic N) is 4. The maximum atomic E-state index is 13.1. The zero-order chi connectivity index (χ0) is 13.4. The lowest BCUT2D eigenvalue weighted by molar-refractivity contribution is 0.507.